The van der Waals surface area contributed by atoms with Crippen LogP contribution in [0.3, 0.4) is 0 Å². The highest BCUT2D eigenvalue weighted by Crippen LogP contribution is 2.42. The Hall–Kier alpha value is -3.97. The van der Waals surface area contributed by atoms with Gasteiger partial charge in [-0.05, 0) is 84.4 Å². The van der Waals surface area contributed by atoms with Crippen LogP contribution in [0.1, 0.15) is 59.2 Å². The average molecular weight is 497 g/mol. The Balaban J connectivity index is 1.60. The van der Waals surface area contributed by atoms with Crippen molar-refractivity contribution in [2.45, 2.75) is 31.8 Å². The van der Waals surface area contributed by atoms with E-state index in [1.165, 1.54) is 12.7 Å². The second-order valence-electron chi connectivity index (χ2n) is 9.08. The summed E-state index contributed by atoms with van der Waals surface area (Å²) in [6, 6.07) is 25.8. The number of nitrogens with one attached hydrogen (secondary N) is 1. The number of nitrogens with zero attached hydrogens (tertiary/aromatic N) is 3. The van der Waals surface area contributed by atoms with Crippen LogP contribution >= 0.6 is 12.2 Å². The van der Waals surface area contributed by atoms with Gasteiger partial charge in [0, 0.05) is 29.5 Å². The minimum atomic E-state index is -0.356. The van der Waals surface area contributed by atoms with Gasteiger partial charge in [0.25, 0.3) is 0 Å². The Morgan fingerprint density at radius 1 is 0.972 bits per heavy atom. The molecule has 0 bridgehead atoms. The largest absolute Gasteiger partial charge is 0.465 e. The van der Waals surface area contributed by atoms with Crippen molar-refractivity contribution < 1.29 is 9.53 Å². The smallest absolute Gasteiger partial charge is 0.337 e. The number of benzene rings is 2. The molecule has 3 heterocycles. The number of methoxy groups -OCH3 is 1. The third kappa shape index (κ3) is 4.38. The molecule has 7 heteroatoms. The zero-order valence-electron chi connectivity index (χ0n) is 20.5. The van der Waals surface area contributed by atoms with Gasteiger partial charge in [0.2, 0.25) is 0 Å². The first-order valence-corrected chi connectivity index (χ1v) is 12.4. The van der Waals surface area contributed by atoms with Gasteiger partial charge in [-0.25, -0.2) is 4.79 Å². The highest BCUT2D eigenvalue weighted by Gasteiger charge is 2.42. The fourth-order valence-electron chi connectivity index (χ4n) is 4.70. The Kier molecular flexibility index (Phi) is 6.57. The van der Waals surface area contributed by atoms with Crippen molar-refractivity contribution in [2.24, 2.45) is 0 Å². The van der Waals surface area contributed by atoms with Crippen LogP contribution in [0.15, 0.2) is 91.3 Å². The second kappa shape index (κ2) is 9.95. The number of pyridine rings is 1. The van der Waals surface area contributed by atoms with Crippen LogP contribution < -0.4 is 10.2 Å². The number of rotatable bonds is 6. The Labute approximate surface area is 216 Å². The van der Waals surface area contributed by atoms with Gasteiger partial charge in [0.1, 0.15) is 6.04 Å². The molecule has 2 aromatic heterocycles. The number of hydrogen-bond donors (Lipinski definition) is 1. The van der Waals surface area contributed by atoms with E-state index in [-0.39, 0.29) is 18.1 Å². The lowest BCUT2D eigenvalue weighted by Gasteiger charge is -2.29. The molecule has 36 heavy (non-hydrogen) atoms. The van der Waals surface area contributed by atoms with Gasteiger partial charge >= 0.3 is 5.97 Å². The summed E-state index contributed by atoms with van der Waals surface area (Å²) in [4.78, 5) is 18.8. The summed E-state index contributed by atoms with van der Waals surface area (Å²) in [6.07, 6.45) is 3.83. The Morgan fingerprint density at radius 2 is 1.69 bits per heavy atom. The number of ether oxygens (including phenoxy) is 1. The fraction of sp³-hybridized carbons (Fsp3) is 0.207. The number of esters is 1. The van der Waals surface area contributed by atoms with E-state index in [2.05, 4.69) is 63.9 Å². The minimum absolute atomic E-state index is 0.146. The van der Waals surface area contributed by atoms with E-state index in [1.54, 1.807) is 12.1 Å². The molecule has 4 aromatic rings. The molecule has 0 unspecified atom stereocenters. The van der Waals surface area contributed by atoms with Gasteiger partial charge in [-0.3, -0.25) is 4.98 Å². The molecule has 0 amide bonds. The molecule has 1 N–H and O–H groups in total. The van der Waals surface area contributed by atoms with Crippen LogP contribution in [0.5, 0.6) is 0 Å². The molecule has 0 aliphatic carbocycles. The lowest BCUT2D eigenvalue weighted by atomic mass is 9.99. The van der Waals surface area contributed by atoms with Crippen molar-refractivity contribution in [2.75, 3.05) is 12.0 Å². The SMILES string of the molecule is COC(=O)c1ccc(-n2cccc2[C@@H]2[C@H](c3ccccn3)NC(=S)N2c2ccc(C(C)C)cc2)cc1. The summed E-state index contributed by atoms with van der Waals surface area (Å²) in [5.41, 5.74) is 5.72. The molecule has 1 saturated heterocycles. The second-order valence-corrected chi connectivity index (χ2v) is 9.47. The van der Waals surface area contributed by atoms with Crippen LogP contribution in [-0.2, 0) is 4.74 Å². The topological polar surface area (TPSA) is 59.4 Å². The van der Waals surface area contributed by atoms with Crippen molar-refractivity contribution in [1.82, 2.24) is 14.9 Å². The first-order valence-electron chi connectivity index (χ1n) is 11.9. The van der Waals surface area contributed by atoms with Crippen molar-refractivity contribution >= 4 is 29.0 Å². The van der Waals surface area contributed by atoms with Gasteiger partial charge < -0.3 is 19.5 Å². The number of thiocarbonyl (C=S) groups is 1. The first kappa shape index (κ1) is 23.8. The maximum absolute atomic E-state index is 11.9. The minimum Gasteiger partial charge on any atom is -0.465 e. The van der Waals surface area contributed by atoms with Gasteiger partial charge in [-0.1, -0.05) is 32.0 Å². The van der Waals surface area contributed by atoms with Crippen molar-refractivity contribution in [3.05, 3.63) is 114 Å². The molecule has 2 aromatic carbocycles. The Morgan fingerprint density at radius 3 is 2.33 bits per heavy atom. The molecule has 0 radical (unpaired) electrons. The lowest BCUT2D eigenvalue weighted by molar-refractivity contribution is 0.0600. The summed E-state index contributed by atoms with van der Waals surface area (Å²) in [5, 5.41) is 4.18. The average Bonchev–Trinajstić information content (AvgIpc) is 3.53. The zero-order valence-corrected chi connectivity index (χ0v) is 21.3. The molecular formula is C29H28N4O2S. The first-order chi connectivity index (χ1) is 17.5. The molecule has 2 atom stereocenters. The fourth-order valence-corrected chi connectivity index (χ4v) is 5.05. The van der Waals surface area contributed by atoms with Gasteiger partial charge in [0.15, 0.2) is 5.11 Å². The van der Waals surface area contributed by atoms with Crippen molar-refractivity contribution in [3.8, 4) is 5.69 Å². The maximum Gasteiger partial charge on any atom is 0.337 e. The highest BCUT2D eigenvalue weighted by molar-refractivity contribution is 7.80. The monoisotopic (exact) mass is 496 g/mol. The molecule has 182 valence electrons. The molecule has 6 nitrogen and oxygen atoms in total. The van der Waals surface area contributed by atoms with Crippen molar-refractivity contribution in [3.63, 3.8) is 0 Å². The predicted molar refractivity (Wildman–Crippen MR) is 146 cm³/mol. The number of anilines is 1. The summed E-state index contributed by atoms with van der Waals surface area (Å²) >= 11 is 5.88. The summed E-state index contributed by atoms with van der Waals surface area (Å²) in [5.74, 6) is 0.0934. The number of aromatic nitrogens is 2. The van der Waals surface area contributed by atoms with E-state index in [4.69, 9.17) is 17.0 Å². The normalized spacial score (nSPS) is 17.3. The van der Waals surface area contributed by atoms with Crippen LogP contribution in [0, 0.1) is 0 Å². The van der Waals surface area contributed by atoms with E-state index in [1.807, 2.05) is 48.8 Å². The molecule has 0 spiro atoms. The third-order valence-corrected chi connectivity index (χ3v) is 6.90. The summed E-state index contributed by atoms with van der Waals surface area (Å²) in [7, 11) is 1.39. The van der Waals surface area contributed by atoms with Gasteiger partial charge in [-0.15, -0.1) is 0 Å². The molecule has 1 aliphatic rings. The predicted octanol–water partition coefficient (Wildman–Crippen LogP) is 5.96. The van der Waals surface area contributed by atoms with E-state index in [0.717, 1.165) is 22.8 Å². The van der Waals surface area contributed by atoms with E-state index in [9.17, 15) is 4.79 Å². The number of hydrogen-bond acceptors (Lipinski definition) is 4. The molecule has 5 rings (SSSR count). The van der Waals surface area contributed by atoms with Crippen LogP contribution in [0.4, 0.5) is 5.69 Å². The van der Waals surface area contributed by atoms with Crippen LogP contribution in [0.25, 0.3) is 5.69 Å². The molecule has 1 fully saturated rings. The maximum atomic E-state index is 11.9. The van der Waals surface area contributed by atoms with Gasteiger partial charge in [0.05, 0.1) is 24.4 Å². The van der Waals surface area contributed by atoms with Crippen LogP contribution in [-0.4, -0.2) is 27.7 Å². The van der Waals surface area contributed by atoms with E-state index >= 15 is 0 Å². The summed E-state index contributed by atoms with van der Waals surface area (Å²) in [6.45, 7) is 4.38. The van der Waals surface area contributed by atoms with E-state index in [0.29, 0.717) is 16.6 Å². The molecular weight excluding hydrogens is 468 g/mol. The lowest BCUT2D eigenvalue weighted by Crippen LogP contribution is -2.30. The highest BCUT2D eigenvalue weighted by atomic mass is 32.1. The standard InChI is InChI=1S/C29H28N4O2S/c1-19(2)20-9-15-23(16-10-20)33-27(26(31-29(33)36)24-7-4-5-17-30-24)25-8-6-18-32(25)22-13-11-21(12-14-22)28(34)35-3/h4-19,26-27H,1-3H3,(H,31,36)/t26-,27+/m0/s1. The molecule has 1 aliphatic heterocycles. The Bertz CT molecular complexity index is 1360. The van der Waals surface area contributed by atoms with Crippen molar-refractivity contribution in [1.29, 1.82) is 0 Å². The molecule has 0 saturated carbocycles. The third-order valence-electron chi connectivity index (χ3n) is 6.59. The number of carbonyl (C=O) groups is 1. The van der Waals surface area contributed by atoms with Gasteiger partial charge in [-0.2, -0.15) is 0 Å². The van der Waals surface area contributed by atoms with E-state index < -0.39 is 0 Å². The quantitative estimate of drug-likeness (QED) is 0.263. The van der Waals surface area contributed by atoms with Crippen LogP contribution in [0.2, 0.25) is 0 Å². The summed E-state index contributed by atoms with van der Waals surface area (Å²) < 4.78 is 6.98. The zero-order chi connectivity index (χ0) is 25.2. The number of carbonyl (C=O) groups excluding carboxylic acids is 1.